The summed E-state index contributed by atoms with van der Waals surface area (Å²) in [5, 5.41) is 0. The fourth-order valence-electron chi connectivity index (χ4n) is 5.37. The molecule has 2 unspecified atom stereocenters. The van der Waals surface area contributed by atoms with E-state index in [1.165, 1.54) is 0 Å². The van der Waals surface area contributed by atoms with E-state index in [1.807, 2.05) is 137 Å². The van der Waals surface area contributed by atoms with Gasteiger partial charge in [0, 0.05) is 74.3 Å². The summed E-state index contributed by atoms with van der Waals surface area (Å²) in [7, 11) is 0. The van der Waals surface area contributed by atoms with Crippen molar-refractivity contribution in [2.24, 2.45) is 11.8 Å². The topological polar surface area (TPSA) is 81.2 Å². The quantitative estimate of drug-likeness (QED) is 0.449. The molecule has 2 aromatic rings. The molecule has 8 nitrogen and oxygen atoms in total. The molecular formula is C36H54N4O4. The Balaban J connectivity index is 0.000000291. The molecule has 2 atom stereocenters. The van der Waals surface area contributed by atoms with Crippen molar-refractivity contribution in [3.63, 3.8) is 0 Å². The van der Waals surface area contributed by atoms with E-state index in [4.69, 9.17) is 0 Å². The van der Waals surface area contributed by atoms with Gasteiger partial charge in [-0.2, -0.15) is 0 Å². The first kappa shape index (κ1) is 36.5. The molecule has 44 heavy (non-hydrogen) atoms. The smallest absolute Gasteiger partial charge is 0.254 e. The molecule has 0 spiro atoms. The monoisotopic (exact) mass is 606 g/mol. The van der Waals surface area contributed by atoms with Gasteiger partial charge in [0.05, 0.1) is 0 Å². The second kappa shape index (κ2) is 17.0. The van der Waals surface area contributed by atoms with Crippen molar-refractivity contribution >= 4 is 23.6 Å². The Kier molecular flexibility index (Phi) is 14.1. The average Bonchev–Trinajstić information content (AvgIpc) is 3.01. The van der Waals surface area contributed by atoms with Crippen molar-refractivity contribution < 1.29 is 19.2 Å². The van der Waals surface area contributed by atoms with Gasteiger partial charge in [0.15, 0.2) is 0 Å². The third-order valence-electron chi connectivity index (χ3n) is 7.98. The molecule has 0 radical (unpaired) electrons. The molecule has 2 fully saturated rings. The van der Waals surface area contributed by atoms with Gasteiger partial charge < -0.3 is 19.6 Å². The molecule has 2 aromatic carbocycles. The molecule has 0 saturated carbocycles. The van der Waals surface area contributed by atoms with Crippen molar-refractivity contribution in [1.29, 1.82) is 0 Å². The van der Waals surface area contributed by atoms with Crippen LogP contribution < -0.4 is 0 Å². The summed E-state index contributed by atoms with van der Waals surface area (Å²) in [6.07, 6.45) is 0. The first-order valence-corrected chi connectivity index (χ1v) is 16.1. The Bertz CT molecular complexity index is 1140. The van der Waals surface area contributed by atoms with E-state index < -0.39 is 0 Å². The van der Waals surface area contributed by atoms with E-state index in [0.717, 1.165) is 22.3 Å². The number of carbonyl (C=O) groups excluding carboxylic acids is 4. The number of piperazine rings is 2. The van der Waals surface area contributed by atoms with E-state index in [-0.39, 0.29) is 47.5 Å². The lowest BCUT2D eigenvalue weighted by Gasteiger charge is -2.40. The Morgan fingerprint density at radius 3 is 1.11 bits per heavy atom. The van der Waals surface area contributed by atoms with E-state index in [1.54, 1.807) is 0 Å². The lowest BCUT2D eigenvalue weighted by Crippen LogP contribution is -2.56. The molecule has 4 rings (SSSR count). The molecule has 0 aromatic heterocycles. The zero-order valence-electron chi connectivity index (χ0n) is 28.6. The predicted octanol–water partition coefficient (Wildman–Crippen LogP) is 5.67. The highest BCUT2D eigenvalue weighted by atomic mass is 16.2. The van der Waals surface area contributed by atoms with Gasteiger partial charge >= 0.3 is 0 Å². The number of benzene rings is 2. The highest BCUT2D eigenvalue weighted by Gasteiger charge is 2.32. The summed E-state index contributed by atoms with van der Waals surface area (Å²) in [5.74, 6) is 0.472. The Hall–Kier alpha value is -3.68. The summed E-state index contributed by atoms with van der Waals surface area (Å²) < 4.78 is 0. The predicted molar refractivity (Wildman–Crippen MR) is 178 cm³/mol. The third-order valence-corrected chi connectivity index (χ3v) is 7.98. The van der Waals surface area contributed by atoms with Gasteiger partial charge in [-0.3, -0.25) is 19.2 Å². The maximum Gasteiger partial charge on any atom is 0.254 e. The average molecular weight is 607 g/mol. The number of carbonyl (C=O) groups is 4. The van der Waals surface area contributed by atoms with Gasteiger partial charge in [0.2, 0.25) is 11.8 Å². The molecule has 0 aliphatic carbocycles. The van der Waals surface area contributed by atoms with Gasteiger partial charge in [0.25, 0.3) is 11.8 Å². The van der Waals surface area contributed by atoms with E-state index in [9.17, 15) is 19.2 Å². The fourth-order valence-corrected chi connectivity index (χ4v) is 5.37. The molecule has 242 valence electrons. The van der Waals surface area contributed by atoms with Crippen LogP contribution in [0.25, 0.3) is 0 Å². The van der Waals surface area contributed by atoms with Crippen molar-refractivity contribution in [3.05, 3.63) is 70.8 Å². The van der Waals surface area contributed by atoms with Crippen LogP contribution in [0.1, 0.15) is 87.2 Å². The van der Waals surface area contributed by atoms with Crippen LogP contribution >= 0.6 is 0 Å². The highest BCUT2D eigenvalue weighted by Crippen LogP contribution is 2.18. The number of amides is 4. The normalized spacial score (nSPS) is 18.3. The van der Waals surface area contributed by atoms with Gasteiger partial charge in [-0.1, -0.05) is 76.9 Å². The second-order valence-corrected chi connectivity index (χ2v) is 12.3. The fraction of sp³-hybridized carbons (Fsp3) is 0.556. The molecule has 0 bridgehead atoms. The van der Waals surface area contributed by atoms with Crippen LogP contribution in [0.2, 0.25) is 0 Å². The third kappa shape index (κ3) is 9.66. The van der Waals surface area contributed by atoms with Gasteiger partial charge in [0.1, 0.15) is 0 Å². The first-order chi connectivity index (χ1) is 20.8. The maximum atomic E-state index is 12.6. The number of aryl methyl sites for hydroxylation is 2. The minimum absolute atomic E-state index is 0.0107. The van der Waals surface area contributed by atoms with Crippen molar-refractivity contribution in [2.45, 2.75) is 81.3 Å². The lowest BCUT2D eigenvalue weighted by atomic mass is 10.1. The molecule has 4 amide bonds. The minimum Gasteiger partial charge on any atom is -0.339 e. The Morgan fingerprint density at radius 2 is 0.864 bits per heavy atom. The lowest BCUT2D eigenvalue weighted by molar-refractivity contribution is -0.137. The van der Waals surface area contributed by atoms with Crippen molar-refractivity contribution in [3.8, 4) is 0 Å². The molecule has 8 heteroatoms. The van der Waals surface area contributed by atoms with Crippen molar-refractivity contribution in [1.82, 2.24) is 19.6 Å². The largest absolute Gasteiger partial charge is 0.339 e. The zero-order valence-corrected chi connectivity index (χ0v) is 28.6. The van der Waals surface area contributed by atoms with Crippen LogP contribution in [0.4, 0.5) is 0 Å². The SMILES string of the molecule is CC.Cc1ccc(C(=O)N2CCN(C(=O)C(C)C)CC2C)cc1.Cc1ccc(C(=O)N2CCN(C(=O)C(C)C)CC2C)cc1. The summed E-state index contributed by atoms with van der Waals surface area (Å²) in [6.45, 7) is 23.4. The highest BCUT2D eigenvalue weighted by molar-refractivity contribution is 5.95. The molecule has 0 N–H and O–H groups in total. The number of hydrogen-bond donors (Lipinski definition) is 0. The summed E-state index contributed by atoms with van der Waals surface area (Å²) in [6, 6.07) is 15.4. The van der Waals surface area contributed by atoms with Gasteiger partial charge in [-0.05, 0) is 52.0 Å². The maximum absolute atomic E-state index is 12.6. The molecule has 2 heterocycles. The minimum atomic E-state index is 0.0107. The van der Waals surface area contributed by atoms with Crippen LogP contribution in [0.5, 0.6) is 0 Å². The Labute approximate surface area is 265 Å². The molecular weight excluding hydrogens is 552 g/mol. The molecule has 2 aliphatic rings. The number of hydrogen-bond acceptors (Lipinski definition) is 4. The van der Waals surface area contributed by atoms with Crippen LogP contribution in [0.15, 0.2) is 48.5 Å². The first-order valence-electron chi connectivity index (χ1n) is 16.1. The van der Waals surface area contributed by atoms with Crippen LogP contribution in [0.3, 0.4) is 0 Å². The summed E-state index contributed by atoms with van der Waals surface area (Å²) >= 11 is 0. The summed E-state index contributed by atoms with van der Waals surface area (Å²) in [5.41, 5.74) is 3.73. The van der Waals surface area contributed by atoms with E-state index >= 15 is 0 Å². The Morgan fingerprint density at radius 1 is 0.568 bits per heavy atom. The number of rotatable bonds is 4. The van der Waals surface area contributed by atoms with Crippen LogP contribution in [-0.4, -0.2) is 94.6 Å². The standard InChI is InChI=1S/2C17H24N2O2.C2H6/c2*1-12(2)16(20)18-9-10-19(14(4)11-18)17(21)15-7-5-13(3)6-8-15;1-2/h2*5-8,12,14H,9-11H2,1-4H3;1-2H3. The van der Waals surface area contributed by atoms with Crippen LogP contribution in [0, 0.1) is 25.7 Å². The van der Waals surface area contributed by atoms with Gasteiger partial charge in [-0.25, -0.2) is 0 Å². The van der Waals surface area contributed by atoms with Crippen molar-refractivity contribution in [2.75, 3.05) is 39.3 Å². The van der Waals surface area contributed by atoms with Crippen LogP contribution in [-0.2, 0) is 9.59 Å². The van der Waals surface area contributed by atoms with E-state index in [2.05, 4.69) is 0 Å². The summed E-state index contributed by atoms with van der Waals surface area (Å²) in [4.78, 5) is 56.7. The molecule has 2 aliphatic heterocycles. The molecule has 2 saturated heterocycles. The van der Waals surface area contributed by atoms with E-state index in [0.29, 0.717) is 39.3 Å². The second-order valence-electron chi connectivity index (χ2n) is 12.3. The van der Waals surface area contributed by atoms with Gasteiger partial charge in [-0.15, -0.1) is 0 Å². The number of nitrogens with zero attached hydrogens (tertiary/aromatic N) is 4. The zero-order chi connectivity index (χ0) is 33.1.